The van der Waals surface area contributed by atoms with Crippen molar-refractivity contribution in [3.8, 4) is 0 Å². The predicted molar refractivity (Wildman–Crippen MR) is 74.8 cm³/mol. The van der Waals surface area contributed by atoms with E-state index >= 15 is 0 Å². The van der Waals surface area contributed by atoms with Crippen LogP contribution in [0.1, 0.15) is 52.9 Å². The summed E-state index contributed by atoms with van der Waals surface area (Å²) in [7, 11) is 0. The van der Waals surface area contributed by atoms with Crippen LogP contribution in [-0.2, 0) is 9.53 Å². The van der Waals surface area contributed by atoms with Crippen molar-refractivity contribution in [2.24, 2.45) is 5.41 Å². The molecule has 0 N–H and O–H groups in total. The number of ether oxygens (including phenoxy) is 1. The molecule has 0 spiro atoms. The summed E-state index contributed by atoms with van der Waals surface area (Å²) in [6.07, 6.45) is 7.01. The molecule has 0 bridgehead atoms. The summed E-state index contributed by atoms with van der Waals surface area (Å²) in [5.74, 6) is 0. The summed E-state index contributed by atoms with van der Waals surface area (Å²) in [4.78, 5) is 13.7. The van der Waals surface area contributed by atoms with Crippen LogP contribution in [0.3, 0.4) is 0 Å². The van der Waals surface area contributed by atoms with E-state index in [9.17, 15) is 4.79 Å². The van der Waals surface area contributed by atoms with Crippen LogP contribution in [0, 0.1) is 5.41 Å². The zero-order valence-corrected chi connectivity index (χ0v) is 12.3. The number of rotatable bonds is 8. The molecule has 0 saturated carbocycles. The van der Waals surface area contributed by atoms with Crippen molar-refractivity contribution in [2.75, 3.05) is 26.2 Å². The van der Waals surface area contributed by atoms with Crippen molar-refractivity contribution in [3.05, 3.63) is 0 Å². The first-order valence-electron chi connectivity index (χ1n) is 7.44. The Morgan fingerprint density at radius 3 is 2.78 bits per heavy atom. The SMILES string of the molecule is CCCOC1CCCN(CC(C)(C=O)CCC)C1. The molecule has 2 atom stereocenters. The summed E-state index contributed by atoms with van der Waals surface area (Å²) in [6, 6.07) is 0. The smallest absolute Gasteiger partial charge is 0.127 e. The van der Waals surface area contributed by atoms with Gasteiger partial charge in [0.15, 0.2) is 0 Å². The van der Waals surface area contributed by atoms with Gasteiger partial charge in [0.1, 0.15) is 6.29 Å². The quantitative estimate of drug-likeness (QED) is 0.625. The first kappa shape index (κ1) is 15.6. The Bertz CT molecular complexity index is 245. The highest BCUT2D eigenvalue weighted by atomic mass is 16.5. The van der Waals surface area contributed by atoms with Crippen LogP contribution in [0.5, 0.6) is 0 Å². The van der Waals surface area contributed by atoms with Crippen LogP contribution in [0.2, 0.25) is 0 Å². The third-order valence-corrected chi connectivity index (χ3v) is 3.71. The maximum absolute atomic E-state index is 11.3. The average Bonchev–Trinajstić information content (AvgIpc) is 2.37. The summed E-state index contributed by atoms with van der Waals surface area (Å²) in [5, 5.41) is 0. The lowest BCUT2D eigenvalue weighted by Gasteiger charge is -2.37. The normalized spacial score (nSPS) is 24.7. The van der Waals surface area contributed by atoms with E-state index in [1.54, 1.807) is 0 Å². The second-order valence-electron chi connectivity index (χ2n) is 5.89. The van der Waals surface area contributed by atoms with Crippen LogP contribution in [-0.4, -0.2) is 43.5 Å². The van der Waals surface area contributed by atoms with Gasteiger partial charge in [-0.15, -0.1) is 0 Å². The molecule has 2 unspecified atom stereocenters. The van der Waals surface area contributed by atoms with Crippen molar-refractivity contribution in [3.63, 3.8) is 0 Å². The first-order valence-corrected chi connectivity index (χ1v) is 7.44. The Morgan fingerprint density at radius 2 is 2.17 bits per heavy atom. The molecule has 0 aromatic heterocycles. The summed E-state index contributed by atoms with van der Waals surface area (Å²) in [5.41, 5.74) is -0.179. The lowest BCUT2D eigenvalue weighted by atomic mass is 9.86. The molecule has 0 amide bonds. The van der Waals surface area contributed by atoms with E-state index < -0.39 is 0 Å². The first-order chi connectivity index (χ1) is 8.63. The fourth-order valence-electron chi connectivity index (χ4n) is 2.83. The monoisotopic (exact) mass is 255 g/mol. The Labute approximate surface area is 112 Å². The van der Waals surface area contributed by atoms with Crippen molar-refractivity contribution in [1.82, 2.24) is 4.90 Å². The highest BCUT2D eigenvalue weighted by Gasteiger charge is 2.29. The van der Waals surface area contributed by atoms with Gasteiger partial charge in [0.05, 0.1) is 6.10 Å². The second-order valence-corrected chi connectivity index (χ2v) is 5.89. The Kier molecular flexibility index (Phi) is 6.87. The molecule has 0 aliphatic carbocycles. The lowest BCUT2D eigenvalue weighted by Crippen LogP contribution is -2.45. The molecule has 1 aliphatic rings. The van der Waals surface area contributed by atoms with Crippen molar-refractivity contribution in [2.45, 2.75) is 59.0 Å². The molecule has 1 rings (SSSR count). The van der Waals surface area contributed by atoms with E-state index in [1.807, 2.05) is 0 Å². The van der Waals surface area contributed by atoms with E-state index in [0.29, 0.717) is 6.10 Å². The minimum absolute atomic E-state index is 0.179. The number of hydrogen-bond donors (Lipinski definition) is 0. The van der Waals surface area contributed by atoms with Crippen LogP contribution in [0.25, 0.3) is 0 Å². The van der Waals surface area contributed by atoms with Crippen molar-refractivity contribution >= 4 is 6.29 Å². The topological polar surface area (TPSA) is 29.5 Å². The second kappa shape index (κ2) is 7.90. The standard InChI is InChI=1S/C15H29NO2/c1-4-8-15(3,13-17)12-16-9-6-7-14(11-16)18-10-5-2/h13-14H,4-12H2,1-3H3. The summed E-state index contributed by atoms with van der Waals surface area (Å²) < 4.78 is 5.84. The number of nitrogens with zero attached hydrogens (tertiary/aromatic N) is 1. The lowest BCUT2D eigenvalue weighted by molar-refractivity contribution is -0.117. The molecule has 3 nitrogen and oxygen atoms in total. The Morgan fingerprint density at radius 1 is 1.39 bits per heavy atom. The highest BCUT2D eigenvalue weighted by molar-refractivity contribution is 5.59. The van der Waals surface area contributed by atoms with Crippen molar-refractivity contribution in [1.29, 1.82) is 0 Å². The van der Waals surface area contributed by atoms with Gasteiger partial charge in [-0.3, -0.25) is 4.90 Å². The minimum atomic E-state index is -0.179. The molecule has 3 heteroatoms. The fourth-order valence-corrected chi connectivity index (χ4v) is 2.83. The molecule has 1 fully saturated rings. The van der Waals surface area contributed by atoms with Gasteiger partial charge in [-0.1, -0.05) is 27.2 Å². The van der Waals surface area contributed by atoms with E-state index in [2.05, 4.69) is 25.7 Å². The molecule has 1 saturated heterocycles. The van der Waals surface area contributed by atoms with Gasteiger partial charge in [-0.2, -0.15) is 0 Å². The number of hydrogen-bond acceptors (Lipinski definition) is 3. The molecule has 1 heterocycles. The molecule has 18 heavy (non-hydrogen) atoms. The van der Waals surface area contributed by atoms with E-state index in [0.717, 1.165) is 51.8 Å². The molecule has 106 valence electrons. The predicted octanol–water partition coefficient (Wildman–Crippen LogP) is 2.88. The average molecular weight is 255 g/mol. The zero-order valence-electron chi connectivity index (χ0n) is 12.3. The fraction of sp³-hybridized carbons (Fsp3) is 0.933. The van der Waals surface area contributed by atoms with Gasteiger partial charge in [0.25, 0.3) is 0 Å². The van der Waals surface area contributed by atoms with Gasteiger partial charge in [0.2, 0.25) is 0 Å². The molecular weight excluding hydrogens is 226 g/mol. The Balaban J connectivity index is 2.43. The number of carbonyl (C=O) groups excluding carboxylic acids is 1. The maximum Gasteiger partial charge on any atom is 0.127 e. The van der Waals surface area contributed by atoms with Gasteiger partial charge >= 0.3 is 0 Å². The highest BCUT2D eigenvalue weighted by Crippen LogP contribution is 2.24. The number of likely N-dealkylation sites (tertiary alicyclic amines) is 1. The maximum atomic E-state index is 11.3. The van der Waals surface area contributed by atoms with Crippen LogP contribution in [0.4, 0.5) is 0 Å². The van der Waals surface area contributed by atoms with Gasteiger partial charge in [-0.25, -0.2) is 0 Å². The Hall–Kier alpha value is -0.410. The molecule has 0 aromatic carbocycles. The zero-order chi connectivity index (χ0) is 13.4. The number of piperidine rings is 1. The summed E-state index contributed by atoms with van der Waals surface area (Å²) in [6.45, 7) is 10.2. The van der Waals surface area contributed by atoms with Gasteiger partial charge in [0, 0.05) is 25.1 Å². The van der Waals surface area contributed by atoms with E-state index in [4.69, 9.17) is 4.74 Å². The van der Waals surface area contributed by atoms with Gasteiger partial charge in [-0.05, 0) is 32.2 Å². The van der Waals surface area contributed by atoms with E-state index in [1.165, 1.54) is 12.8 Å². The molecular formula is C15H29NO2. The third kappa shape index (κ3) is 5.07. The molecule has 1 aliphatic heterocycles. The summed E-state index contributed by atoms with van der Waals surface area (Å²) >= 11 is 0. The third-order valence-electron chi connectivity index (χ3n) is 3.71. The van der Waals surface area contributed by atoms with Crippen LogP contribution < -0.4 is 0 Å². The number of aldehydes is 1. The van der Waals surface area contributed by atoms with E-state index in [-0.39, 0.29) is 5.41 Å². The largest absolute Gasteiger partial charge is 0.377 e. The molecule has 0 radical (unpaired) electrons. The van der Waals surface area contributed by atoms with Crippen molar-refractivity contribution < 1.29 is 9.53 Å². The molecule has 0 aromatic rings. The number of carbonyl (C=O) groups is 1. The minimum Gasteiger partial charge on any atom is -0.377 e. The van der Waals surface area contributed by atoms with Crippen LogP contribution in [0.15, 0.2) is 0 Å². The van der Waals surface area contributed by atoms with Crippen LogP contribution >= 0.6 is 0 Å². The van der Waals surface area contributed by atoms with Gasteiger partial charge < -0.3 is 9.53 Å².